The van der Waals surface area contributed by atoms with E-state index in [0.29, 0.717) is 5.57 Å². The quantitative estimate of drug-likeness (QED) is 0.307. The van der Waals surface area contributed by atoms with Gasteiger partial charge in [0, 0.05) is 12.5 Å². The number of carbonyl (C=O) groups excluding carboxylic acids is 2. The Hall–Kier alpha value is -1.52. The molecule has 19 heavy (non-hydrogen) atoms. The first-order valence-corrected chi connectivity index (χ1v) is 6.61. The van der Waals surface area contributed by atoms with Crippen molar-refractivity contribution < 1.29 is 23.8 Å². The maximum Gasteiger partial charge on any atom is 0.511 e. The average Bonchev–Trinajstić information content (AvgIpc) is 2.27. The van der Waals surface area contributed by atoms with Crippen molar-refractivity contribution in [1.82, 2.24) is 0 Å². The fourth-order valence-electron chi connectivity index (χ4n) is 1.23. The van der Waals surface area contributed by atoms with Gasteiger partial charge in [-0.15, -0.1) is 0 Å². The van der Waals surface area contributed by atoms with Gasteiger partial charge in [-0.25, -0.2) is 9.59 Å². The summed E-state index contributed by atoms with van der Waals surface area (Å²) in [7, 11) is 0. The minimum atomic E-state index is -0.965. The monoisotopic (exact) mass is 272 g/mol. The van der Waals surface area contributed by atoms with Crippen LogP contribution in [0.25, 0.3) is 0 Å². The minimum absolute atomic E-state index is 0.272. The van der Waals surface area contributed by atoms with E-state index in [1.54, 1.807) is 20.8 Å². The lowest BCUT2D eigenvalue weighted by Gasteiger charge is -2.15. The molecule has 0 aliphatic rings. The first-order chi connectivity index (χ1) is 8.86. The lowest BCUT2D eigenvalue weighted by molar-refractivity contribution is -0.163. The Labute approximate surface area is 114 Å². The fraction of sp³-hybridized carbons (Fsp3) is 0.714. The third kappa shape index (κ3) is 9.11. The summed E-state index contributed by atoms with van der Waals surface area (Å²) < 4.78 is 14.5. The topological polar surface area (TPSA) is 61.8 Å². The smallest absolute Gasteiger partial charge is 0.431 e. The Morgan fingerprint density at radius 1 is 1.11 bits per heavy atom. The Kier molecular flexibility index (Phi) is 8.66. The number of ether oxygens (including phenoxy) is 3. The van der Waals surface area contributed by atoms with Crippen LogP contribution in [-0.2, 0) is 19.0 Å². The highest BCUT2D eigenvalue weighted by Gasteiger charge is 2.16. The second-order valence-electron chi connectivity index (χ2n) is 4.54. The number of rotatable bonds is 7. The van der Waals surface area contributed by atoms with Crippen LogP contribution in [0.2, 0.25) is 0 Å². The average molecular weight is 272 g/mol. The first kappa shape index (κ1) is 17.5. The normalized spacial score (nSPS) is 13.1. The molecule has 0 aromatic rings. The van der Waals surface area contributed by atoms with E-state index in [4.69, 9.17) is 14.2 Å². The van der Waals surface area contributed by atoms with E-state index >= 15 is 0 Å². The number of hydrogen-bond donors (Lipinski definition) is 0. The van der Waals surface area contributed by atoms with Crippen LogP contribution in [0.5, 0.6) is 0 Å². The number of esters is 1. The molecular formula is C14H24O5. The van der Waals surface area contributed by atoms with Crippen LogP contribution in [0.4, 0.5) is 4.79 Å². The summed E-state index contributed by atoms with van der Waals surface area (Å²) in [5, 5.41) is 0. The summed E-state index contributed by atoms with van der Waals surface area (Å²) in [6, 6.07) is 0. The van der Waals surface area contributed by atoms with Crippen molar-refractivity contribution in [1.29, 1.82) is 0 Å². The molecule has 0 saturated carbocycles. The predicted molar refractivity (Wildman–Crippen MR) is 71.5 cm³/mol. The van der Waals surface area contributed by atoms with Gasteiger partial charge in [-0.05, 0) is 27.2 Å². The summed E-state index contributed by atoms with van der Waals surface area (Å²) in [6.45, 7) is 8.64. The SMILES string of the molecule is CCCCC=C(C)C(=O)OC(C)OC(=O)OC(C)C. The number of carbonyl (C=O) groups is 2. The molecule has 0 N–H and O–H groups in total. The molecule has 0 aromatic heterocycles. The van der Waals surface area contributed by atoms with E-state index in [0.717, 1.165) is 19.3 Å². The molecule has 0 radical (unpaired) electrons. The lowest BCUT2D eigenvalue weighted by Crippen LogP contribution is -2.24. The van der Waals surface area contributed by atoms with Gasteiger partial charge in [-0.3, -0.25) is 0 Å². The zero-order chi connectivity index (χ0) is 14.8. The molecule has 1 unspecified atom stereocenters. The van der Waals surface area contributed by atoms with Gasteiger partial charge in [0.1, 0.15) is 0 Å². The number of allylic oxidation sites excluding steroid dienone is 1. The molecule has 0 saturated heterocycles. The van der Waals surface area contributed by atoms with Crippen LogP contribution >= 0.6 is 0 Å². The summed E-state index contributed by atoms with van der Waals surface area (Å²) in [4.78, 5) is 22.8. The zero-order valence-corrected chi connectivity index (χ0v) is 12.4. The molecule has 0 rings (SSSR count). The third-order valence-electron chi connectivity index (χ3n) is 2.20. The maximum atomic E-state index is 11.6. The summed E-state index contributed by atoms with van der Waals surface area (Å²) in [5.41, 5.74) is 0.515. The van der Waals surface area contributed by atoms with Crippen molar-refractivity contribution >= 4 is 12.1 Å². The van der Waals surface area contributed by atoms with Crippen LogP contribution in [0.15, 0.2) is 11.6 Å². The number of hydrogen-bond acceptors (Lipinski definition) is 5. The van der Waals surface area contributed by atoms with E-state index in [1.165, 1.54) is 6.92 Å². The van der Waals surface area contributed by atoms with Gasteiger partial charge >= 0.3 is 12.1 Å². The molecule has 110 valence electrons. The van der Waals surface area contributed by atoms with Crippen LogP contribution in [0, 0.1) is 0 Å². The molecule has 0 aliphatic carbocycles. The van der Waals surface area contributed by atoms with Crippen molar-refractivity contribution in [3.05, 3.63) is 11.6 Å². The van der Waals surface area contributed by atoms with E-state index in [1.807, 2.05) is 6.08 Å². The van der Waals surface area contributed by atoms with Crippen molar-refractivity contribution in [2.75, 3.05) is 0 Å². The minimum Gasteiger partial charge on any atom is -0.431 e. The lowest BCUT2D eigenvalue weighted by atomic mass is 10.2. The van der Waals surface area contributed by atoms with Gasteiger partial charge in [0.15, 0.2) is 0 Å². The van der Waals surface area contributed by atoms with Gasteiger partial charge in [0.05, 0.1) is 6.10 Å². The van der Waals surface area contributed by atoms with Gasteiger partial charge in [-0.1, -0.05) is 25.8 Å². The molecule has 0 aromatic carbocycles. The van der Waals surface area contributed by atoms with Gasteiger partial charge in [0.2, 0.25) is 6.29 Å². The second-order valence-corrected chi connectivity index (χ2v) is 4.54. The van der Waals surface area contributed by atoms with Gasteiger partial charge < -0.3 is 14.2 Å². The maximum absolute atomic E-state index is 11.6. The Morgan fingerprint density at radius 2 is 1.74 bits per heavy atom. The molecule has 0 heterocycles. The zero-order valence-electron chi connectivity index (χ0n) is 12.4. The van der Waals surface area contributed by atoms with Crippen molar-refractivity contribution in [3.8, 4) is 0 Å². The Balaban J connectivity index is 4.10. The van der Waals surface area contributed by atoms with E-state index in [2.05, 4.69) is 6.92 Å². The van der Waals surface area contributed by atoms with Gasteiger partial charge in [0.25, 0.3) is 0 Å². The van der Waals surface area contributed by atoms with Crippen LogP contribution < -0.4 is 0 Å². The fourth-order valence-corrected chi connectivity index (χ4v) is 1.23. The standard InChI is InChI=1S/C14H24O5/c1-6-7-8-9-11(4)13(15)18-12(5)19-14(16)17-10(2)3/h9-10,12H,6-8H2,1-5H3. The van der Waals surface area contributed by atoms with Crippen LogP contribution in [0.3, 0.4) is 0 Å². The van der Waals surface area contributed by atoms with Crippen molar-refractivity contribution in [2.24, 2.45) is 0 Å². The predicted octanol–water partition coefficient (Wildman–Crippen LogP) is 3.57. The Morgan fingerprint density at radius 3 is 2.26 bits per heavy atom. The molecule has 0 aliphatic heterocycles. The van der Waals surface area contributed by atoms with E-state index in [-0.39, 0.29) is 6.10 Å². The summed E-state index contributed by atoms with van der Waals surface area (Å²) >= 11 is 0. The molecular weight excluding hydrogens is 248 g/mol. The van der Waals surface area contributed by atoms with Gasteiger partial charge in [-0.2, -0.15) is 0 Å². The summed E-state index contributed by atoms with van der Waals surface area (Å²) in [5.74, 6) is -0.485. The van der Waals surface area contributed by atoms with E-state index < -0.39 is 18.4 Å². The molecule has 0 spiro atoms. The van der Waals surface area contributed by atoms with E-state index in [9.17, 15) is 9.59 Å². The molecule has 0 amide bonds. The third-order valence-corrected chi connectivity index (χ3v) is 2.20. The van der Waals surface area contributed by atoms with Crippen molar-refractivity contribution in [2.45, 2.75) is 66.3 Å². The molecule has 5 heteroatoms. The van der Waals surface area contributed by atoms with Crippen LogP contribution in [0.1, 0.15) is 53.9 Å². The molecule has 1 atom stereocenters. The van der Waals surface area contributed by atoms with Crippen LogP contribution in [-0.4, -0.2) is 24.5 Å². The molecule has 0 fully saturated rings. The highest BCUT2D eigenvalue weighted by Crippen LogP contribution is 2.06. The highest BCUT2D eigenvalue weighted by atomic mass is 16.8. The molecule has 5 nitrogen and oxygen atoms in total. The second kappa shape index (κ2) is 9.42. The number of unbranched alkanes of at least 4 members (excludes halogenated alkanes) is 2. The largest absolute Gasteiger partial charge is 0.511 e. The first-order valence-electron chi connectivity index (χ1n) is 6.61. The molecule has 0 bridgehead atoms. The summed E-state index contributed by atoms with van der Waals surface area (Å²) in [6.07, 6.45) is 2.67. The highest BCUT2D eigenvalue weighted by molar-refractivity contribution is 5.87. The van der Waals surface area contributed by atoms with Crippen molar-refractivity contribution in [3.63, 3.8) is 0 Å². The Bertz CT molecular complexity index is 320.